The summed E-state index contributed by atoms with van der Waals surface area (Å²) in [5.41, 5.74) is 0. The molecule has 340 valence electrons. The van der Waals surface area contributed by atoms with E-state index in [-0.39, 0.29) is 12.8 Å². The number of rotatable bonds is 35. The summed E-state index contributed by atoms with van der Waals surface area (Å²) in [4.78, 5) is 35.6. The van der Waals surface area contributed by atoms with Gasteiger partial charge in [0.05, 0.1) is 6.61 Å². The number of aliphatic hydroxyl groups is 5. The second-order valence-corrected chi connectivity index (χ2v) is 16.6. The van der Waals surface area contributed by atoms with Crippen LogP contribution in [-0.2, 0) is 32.7 Å². The molecule has 0 radical (unpaired) electrons. The van der Waals surface area contributed by atoms with Gasteiger partial charge in [0.2, 0.25) is 0 Å². The van der Waals surface area contributed by atoms with Crippen LogP contribution >= 0.6 is 7.82 Å². The molecule has 0 aliphatic heterocycles. The molecule has 59 heavy (non-hydrogen) atoms. The Labute approximate surface area is 353 Å². The molecular formula is C45H77O13P. The Hall–Kier alpha value is -2.45. The molecule has 1 rings (SSSR count). The van der Waals surface area contributed by atoms with Crippen LogP contribution in [0.4, 0.5) is 0 Å². The van der Waals surface area contributed by atoms with Crippen LogP contribution < -0.4 is 0 Å². The third-order valence-corrected chi connectivity index (χ3v) is 10.9. The standard InChI is InChI=1S/C45H77O13P/c1-3-5-7-9-11-13-15-17-18-19-20-22-24-26-28-30-32-34-39(47)57-37(36-56-59(53,54)58-45-43(51)41(49)40(48)42(50)44(45)52)35-55-38(46)33-31-29-27-25-23-21-16-14-12-10-8-6-4-2/h5,7,11,13,17-18,20,22,26,28,37,40-45,48-52H,3-4,6,8-10,12,14-16,19,21,23-25,27,29-36H2,1-2H3,(H,53,54)/b7-5-,13-11-,18-17-,22-20-,28-26-/t37-,40?,41-,42?,43?,44?,45?/m1/s1. The van der Waals surface area contributed by atoms with Crippen molar-refractivity contribution in [2.24, 2.45) is 0 Å². The van der Waals surface area contributed by atoms with E-state index in [1.807, 2.05) is 12.2 Å². The summed E-state index contributed by atoms with van der Waals surface area (Å²) in [5, 5.41) is 50.1. The fraction of sp³-hybridized carbons (Fsp3) is 0.733. The van der Waals surface area contributed by atoms with Crippen LogP contribution in [0.25, 0.3) is 0 Å². The number of unbranched alkanes of at least 4 members (excludes halogenated alkanes) is 13. The third-order valence-electron chi connectivity index (χ3n) is 9.87. The predicted molar refractivity (Wildman–Crippen MR) is 230 cm³/mol. The van der Waals surface area contributed by atoms with E-state index in [0.29, 0.717) is 19.3 Å². The molecule has 0 amide bonds. The zero-order valence-corrected chi connectivity index (χ0v) is 36.7. The number of ether oxygens (including phenoxy) is 2. The van der Waals surface area contributed by atoms with Gasteiger partial charge in [-0.2, -0.15) is 0 Å². The highest BCUT2D eigenvalue weighted by Crippen LogP contribution is 2.47. The van der Waals surface area contributed by atoms with Gasteiger partial charge in [0.15, 0.2) is 6.10 Å². The lowest BCUT2D eigenvalue weighted by molar-refractivity contribution is -0.220. The molecule has 0 aromatic heterocycles. The molecule has 1 aliphatic rings. The Bertz CT molecular complexity index is 1270. The average Bonchev–Trinajstić information content (AvgIpc) is 3.21. The Morgan fingerprint density at radius 3 is 1.46 bits per heavy atom. The van der Waals surface area contributed by atoms with E-state index in [1.165, 1.54) is 57.8 Å². The van der Waals surface area contributed by atoms with Crippen molar-refractivity contribution in [2.45, 2.75) is 198 Å². The van der Waals surface area contributed by atoms with E-state index in [1.54, 1.807) is 0 Å². The van der Waals surface area contributed by atoms with Crippen LogP contribution in [0.3, 0.4) is 0 Å². The molecule has 0 heterocycles. The quantitative estimate of drug-likeness (QED) is 0.0154. The van der Waals surface area contributed by atoms with Crippen LogP contribution in [0.15, 0.2) is 60.8 Å². The number of esters is 2. The number of aliphatic hydroxyl groups excluding tert-OH is 5. The summed E-state index contributed by atoms with van der Waals surface area (Å²) in [7, 11) is -5.13. The molecule has 0 aromatic carbocycles. The van der Waals surface area contributed by atoms with Crippen LogP contribution in [0.5, 0.6) is 0 Å². The number of phosphoric ester groups is 1. The van der Waals surface area contributed by atoms with Gasteiger partial charge in [0.1, 0.15) is 43.2 Å². The fourth-order valence-corrected chi connectivity index (χ4v) is 7.29. The summed E-state index contributed by atoms with van der Waals surface area (Å²) >= 11 is 0. The van der Waals surface area contributed by atoms with Crippen LogP contribution in [-0.4, -0.2) is 98.3 Å². The van der Waals surface area contributed by atoms with Crippen molar-refractivity contribution in [1.82, 2.24) is 0 Å². The van der Waals surface area contributed by atoms with E-state index in [2.05, 4.69) is 62.5 Å². The maximum absolute atomic E-state index is 12.8. The van der Waals surface area contributed by atoms with Gasteiger partial charge in [-0.1, -0.05) is 152 Å². The molecule has 1 fully saturated rings. The van der Waals surface area contributed by atoms with Crippen molar-refractivity contribution >= 4 is 19.8 Å². The van der Waals surface area contributed by atoms with Crippen molar-refractivity contribution in [3.63, 3.8) is 0 Å². The van der Waals surface area contributed by atoms with Crippen LogP contribution in [0.1, 0.15) is 155 Å². The minimum absolute atomic E-state index is 0.0174. The molecule has 0 spiro atoms. The maximum Gasteiger partial charge on any atom is 0.472 e. The summed E-state index contributed by atoms with van der Waals surface area (Å²) in [6.45, 7) is 3.12. The van der Waals surface area contributed by atoms with Crippen molar-refractivity contribution in [3.8, 4) is 0 Å². The Balaban J connectivity index is 2.53. The van der Waals surface area contributed by atoms with Gasteiger partial charge in [-0.05, 0) is 51.4 Å². The molecule has 0 aromatic rings. The highest BCUT2D eigenvalue weighted by atomic mass is 31.2. The number of hydrogen-bond acceptors (Lipinski definition) is 12. The predicted octanol–water partition coefficient (Wildman–Crippen LogP) is 8.16. The van der Waals surface area contributed by atoms with Crippen LogP contribution in [0, 0.1) is 0 Å². The molecule has 0 saturated heterocycles. The van der Waals surface area contributed by atoms with E-state index in [9.17, 15) is 44.6 Å². The van der Waals surface area contributed by atoms with Crippen molar-refractivity contribution in [1.29, 1.82) is 0 Å². The summed E-state index contributed by atoms with van der Waals surface area (Å²) in [6.07, 6.45) is 28.6. The van der Waals surface area contributed by atoms with Gasteiger partial charge < -0.3 is 39.9 Å². The van der Waals surface area contributed by atoms with Gasteiger partial charge in [-0.3, -0.25) is 18.6 Å². The highest BCUT2D eigenvalue weighted by Gasteiger charge is 2.51. The molecule has 0 bridgehead atoms. The highest BCUT2D eigenvalue weighted by molar-refractivity contribution is 7.47. The Morgan fingerprint density at radius 2 is 0.966 bits per heavy atom. The first-order chi connectivity index (χ1) is 28.4. The summed E-state index contributed by atoms with van der Waals surface area (Å²) in [6, 6.07) is 0. The molecule has 6 unspecified atom stereocenters. The van der Waals surface area contributed by atoms with E-state index < -0.39 is 75.7 Å². The SMILES string of the molecule is CC/C=C\C/C=C\C/C=C\C/C=C\C/C=C\CCCC(=O)O[C@H](COC(=O)CCCCCCCCCCCCCCC)COP(=O)(O)OC1C(O)C(O)C(O)[C@@H](O)C1O. The smallest absolute Gasteiger partial charge is 0.462 e. The normalized spacial score (nSPS) is 22.9. The first kappa shape index (κ1) is 54.6. The van der Waals surface area contributed by atoms with Crippen LogP contribution in [0.2, 0.25) is 0 Å². The molecule has 14 heteroatoms. The van der Waals surface area contributed by atoms with E-state index in [0.717, 1.165) is 51.4 Å². The summed E-state index contributed by atoms with van der Waals surface area (Å²) in [5.74, 6) is -1.17. The average molecular weight is 857 g/mol. The zero-order chi connectivity index (χ0) is 43.6. The third kappa shape index (κ3) is 27.9. The molecular weight excluding hydrogens is 779 g/mol. The number of hydrogen-bond donors (Lipinski definition) is 6. The number of allylic oxidation sites excluding steroid dienone is 10. The molecule has 1 aliphatic carbocycles. The fourth-order valence-electron chi connectivity index (χ4n) is 6.32. The van der Waals surface area contributed by atoms with E-state index in [4.69, 9.17) is 18.5 Å². The van der Waals surface area contributed by atoms with Gasteiger partial charge >= 0.3 is 19.8 Å². The van der Waals surface area contributed by atoms with Gasteiger partial charge in [0.25, 0.3) is 0 Å². The topological polar surface area (TPSA) is 210 Å². The maximum atomic E-state index is 12.8. The lowest BCUT2D eigenvalue weighted by atomic mass is 9.85. The lowest BCUT2D eigenvalue weighted by Gasteiger charge is -2.41. The zero-order valence-electron chi connectivity index (χ0n) is 35.8. The van der Waals surface area contributed by atoms with Crippen molar-refractivity contribution in [2.75, 3.05) is 13.2 Å². The first-order valence-electron chi connectivity index (χ1n) is 22.1. The minimum Gasteiger partial charge on any atom is -0.462 e. The number of carbonyl (C=O) groups is 2. The monoisotopic (exact) mass is 857 g/mol. The van der Waals surface area contributed by atoms with Crippen molar-refractivity contribution < 1.29 is 63.1 Å². The second kappa shape index (κ2) is 35.2. The molecule has 8 atom stereocenters. The molecule has 6 N–H and O–H groups in total. The van der Waals surface area contributed by atoms with Gasteiger partial charge in [-0.15, -0.1) is 0 Å². The Kier molecular flexibility index (Phi) is 32.5. The largest absolute Gasteiger partial charge is 0.472 e. The van der Waals surface area contributed by atoms with Gasteiger partial charge in [0, 0.05) is 12.8 Å². The second-order valence-electron chi connectivity index (χ2n) is 15.2. The summed E-state index contributed by atoms with van der Waals surface area (Å²) < 4.78 is 33.4. The number of carbonyl (C=O) groups excluding carboxylic acids is 2. The van der Waals surface area contributed by atoms with Crippen molar-refractivity contribution in [3.05, 3.63) is 60.8 Å². The Morgan fingerprint density at radius 1 is 0.542 bits per heavy atom. The van der Waals surface area contributed by atoms with Gasteiger partial charge in [-0.25, -0.2) is 4.57 Å². The molecule has 13 nitrogen and oxygen atoms in total. The van der Waals surface area contributed by atoms with E-state index >= 15 is 0 Å². The first-order valence-corrected chi connectivity index (χ1v) is 23.6. The lowest BCUT2D eigenvalue weighted by Crippen LogP contribution is -2.64. The minimum atomic E-state index is -5.13. The number of phosphoric acid groups is 1. The molecule has 1 saturated carbocycles.